The lowest BCUT2D eigenvalue weighted by Gasteiger charge is -2.36. The Morgan fingerprint density at radius 2 is 1.89 bits per heavy atom. The maximum Gasteiger partial charge on any atom is 0.259 e. The van der Waals surface area contributed by atoms with Gasteiger partial charge in [-0.1, -0.05) is 49.7 Å². The summed E-state index contributed by atoms with van der Waals surface area (Å²) in [4.78, 5) is 15.7. The number of hydrogen-bond acceptors (Lipinski definition) is 5. The van der Waals surface area contributed by atoms with E-state index in [4.69, 9.17) is 14.3 Å². The zero-order valence-electron chi connectivity index (χ0n) is 22.3. The molecule has 0 fully saturated rings. The number of likely N-dealkylation sites (N-methyl/N-ethyl adjacent to an activating group) is 1. The first-order valence-electron chi connectivity index (χ1n) is 13.1. The van der Waals surface area contributed by atoms with Crippen molar-refractivity contribution < 1.29 is 13.8 Å². The third-order valence-corrected chi connectivity index (χ3v) is 8.58. The van der Waals surface area contributed by atoms with Crippen LogP contribution >= 0.6 is 8.53 Å². The van der Waals surface area contributed by atoms with E-state index in [-0.39, 0.29) is 24.1 Å². The number of fused-ring (bicyclic) bond motifs is 1. The number of nitriles is 1. The molecule has 2 aromatic rings. The van der Waals surface area contributed by atoms with Gasteiger partial charge in [0.15, 0.2) is 0 Å². The first-order chi connectivity index (χ1) is 17.4. The summed E-state index contributed by atoms with van der Waals surface area (Å²) >= 11 is 0. The van der Waals surface area contributed by atoms with Crippen molar-refractivity contribution >= 4 is 14.4 Å². The zero-order valence-corrected chi connectivity index (χ0v) is 23.2. The van der Waals surface area contributed by atoms with Gasteiger partial charge >= 0.3 is 0 Å². The van der Waals surface area contributed by atoms with Crippen LogP contribution in [0.25, 0.3) is 0 Å². The summed E-state index contributed by atoms with van der Waals surface area (Å²) in [6.45, 7) is 9.30. The number of carbonyl (C=O) groups is 1. The Bertz CT molecular complexity index is 1020. The SMILES string of the molecule is CCCCc1ccc(C(=O)N(CC)C2c3ccccc3CC2OP(OCCC#N)N(C)C(C)C)cc1. The molecule has 194 valence electrons. The molecule has 0 bridgehead atoms. The van der Waals surface area contributed by atoms with Crippen LogP contribution in [0.1, 0.15) is 80.0 Å². The first kappa shape index (κ1) is 28.3. The molecule has 0 saturated heterocycles. The minimum atomic E-state index is -1.38. The fourth-order valence-corrected chi connectivity index (χ4v) is 5.94. The largest absolute Gasteiger partial charge is 0.329 e. The van der Waals surface area contributed by atoms with E-state index in [0.29, 0.717) is 31.6 Å². The van der Waals surface area contributed by atoms with Crippen LogP contribution in [-0.2, 0) is 21.9 Å². The number of unbranched alkanes of at least 4 members (excludes halogenated alkanes) is 1. The van der Waals surface area contributed by atoms with Gasteiger partial charge in [0.05, 0.1) is 31.2 Å². The monoisotopic (exact) mass is 509 g/mol. The predicted molar refractivity (Wildman–Crippen MR) is 146 cm³/mol. The molecule has 2 aromatic carbocycles. The van der Waals surface area contributed by atoms with Crippen molar-refractivity contribution in [2.24, 2.45) is 0 Å². The van der Waals surface area contributed by atoms with Crippen molar-refractivity contribution in [3.05, 3.63) is 70.8 Å². The van der Waals surface area contributed by atoms with E-state index < -0.39 is 8.53 Å². The smallest absolute Gasteiger partial charge is 0.259 e. The van der Waals surface area contributed by atoms with Crippen LogP contribution < -0.4 is 0 Å². The molecule has 3 rings (SSSR count). The van der Waals surface area contributed by atoms with Gasteiger partial charge in [0.1, 0.15) is 0 Å². The maximum absolute atomic E-state index is 13.8. The maximum atomic E-state index is 13.8. The highest BCUT2D eigenvalue weighted by molar-refractivity contribution is 7.44. The molecule has 0 aliphatic heterocycles. The zero-order chi connectivity index (χ0) is 26.1. The normalized spacial score (nSPS) is 17.7. The third kappa shape index (κ3) is 6.93. The van der Waals surface area contributed by atoms with Gasteiger partial charge in [-0.15, -0.1) is 0 Å². The number of hydrogen-bond donors (Lipinski definition) is 0. The lowest BCUT2D eigenvalue weighted by molar-refractivity contribution is 0.0449. The second kappa shape index (κ2) is 13.9. The summed E-state index contributed by atoms with van der Waals surface area (Å²) in [5.41, 5.74) is 4.30. The summed E-state index contributed by atoms with van der Waals surface area (Å²) in [6.07, 6.45) is 4.14. The third-order valence-electron chi connectivity index (χ3n) is 6.75. The number of amides is 1. The average Bonchev–Trinajstić information content (AvgIpc) is 3.25. The molecule has 0 N–H and O–H groups in total. The fourth-order valence-electron chi connectivity index (χ4n) is 4.50. The van der Waals surface area contributed by atoms with Crippen molar-refractivity contribution in [2.75, 3.05) is 20.2 Å². The van der Waals surface area contributed by atoms with E-state index in [1.807, 2.05) is 43.1 Å². The standard InChI is InChI=1S/C29H40N3O3P/c1-6-8-12-23-15-17-24(18-16-23)29(33)32(7-2)28-26-14-10-9-13-25(26)21-27(28)35-36(31(5)22(3)4)34-20-11-19-30/h9-10,13-18,22,27-28H,6-8,11-12,20-21H2,1-5H3. The van der Waals surface area contributed by atoms with Gasteiger partial charge < -0.3 is 13.9 Å². The lowest BCUT2D eigenvalue weighted by atomic mass is 10.0. The topological polar surface area (TPSA) is 65.8 Å². The molecule has 3 unspecified atom stereocenters. The lowest BCUT2D eigenvalue weighted by Crippen LogP contribution is -2.40. The van der Waals surface area contributed by atoms with Crippen molar-refractivity contribution in [1.82, 2.24) is 9.57 Å². The predicted octanol–water partition coefficient (Wildman–Crippen LogP) is 6.67. The first-order valence-corrected chi connectivity index (χ1v) is 14.2. The molecule has 7 heteroatoms. The van der Waals surface area contributed by atoms with Gasteiger partial charge in [-0.3, -0.25) is 4.79 Å². The molecule has 0 radical (unpaired) electrons. The molecule has 0 saturated carbocycles. The van der Waals surface area contributed by atoms with Crippen molar-refractivity contribution in [3.63, 3.8) is 0 Å². The molecule has 3 atom stereocenters. The Morgan fingerprint density at radius 3 is 2.53 bits per heavy atom. The number of carbonyl (C=O) groups excluding carboxylic acids is 1. The molecular weight excluding hydrogens is 469 g/mol. The van der Waals surface area contributed by atoms with Gasteiger partial charge in [0.2, 0.25) is 0 Å². The average molecular weight is 510 g/mol. The van der Waals surface area contributed by atoms with E-state index >= 15 is 0 Å². The minimum absolute atomic E-state index is 0.0155. The summed E-state index contributed by atoms with van der Waals surface area (Å²) in [5, 5.41) is 8.98. The van der Waals surface area contributed by atoms with Gasteiger partial charge in [-0.2, -0.15) is 5.26 Å². The minimum Gasteiger partial charge on any atom is -0.329 e. The van der Waals surface area contributed by atoms with Gasteiger partial charge in [-0.05, 0) is 69.5 Å². The molecule has 0 heterocycles. The van der Waals surface area contributed by atoms with Crippen LogP contribution in [0.5, 0.6) is 0 Å². The summed E-state index contributed by atoms with van der Waals surface area (Å²) in [7, 11) is 0.606. The Balaban J connectivity index is 1.88. The van der Waals surface area contributed by atoms with E-state index in [1.54, 1.807) is 0 Å². The van der Waals surface area contributed by atoms with Crippen LogP contribution in [0.15, 0.2) is 48.5 Å². The van der Waals surface area contributed by atoms with Gasteiger partial charge in [-0.25, -0.2) is 4.67 Å². The molecule has 1 amide bonds. The molecule has 6 nitrogen and oxygen atoms in total. The Labute approximate surface area is 218 Å². The highest BCUT2D eigenvalue weighted by Gasteiger charge is 2.41. The molecule has 36 heavy (non-hydrogen) atoms. The molecule has 1 aliphatic carbocycles. The van der Waals surface area contributed by atoms with Crippen LogP contribution in [-0.4, -0.2) is 47.8 Å². The van der Waals surface area contributed by atoms with Crippen LogP contribution in [0.4, 0.5) is 0 Å². The summed E-state index contributed by atoms with van der Waals surface area (Å²) in [5.74, 6) is 0.0155. The Kier molecular flexibility index (Phi) is 10.9. The molecular formula is C29H40N3O3P. The van der Waals surface area contributed by atoms with Crippen molar-refractivity contribution in [2.45, 2.75) is 78.0 Å². The van der Waals surface area contributed by atoms with Crippen LogP contribution in [0.3, 0.4) is 0 Å². The number of benzene rings is 2. The van der Waals surface area contributed by atoms with E-state index in [2.05, 4.69) is 55.8 Å². The summed E-state index contributed by atoms with van der Waals surface area (Å²) < 4.78 is 14.8. The van der Waals surface area contributed by atoms with E-state index in [1.165, 1.54) is 11.1 Å². The number of rotatable bonds is 13. The molecule has 1 aliphatic rings. The Hall–Kier alpha value is -2.29. The second-order valence-corrected chi connectivity index (χ2v) is 11.1. The van der Waals surface area contributed by atoms with Crippen LogP contribution in [0, 0.1) is 11.3 Å². The van der Waals surface area contributed by atoms with Crippen molar-refractivity contribution in [3.8, 4) is 6.07 Å². The quantitative estimate of drug-likeness (QED) is 0.223. The number of nitrogens with zero attached hydrogens (tertiary/aromatic N) is 3. The van der Waals surface area contributed by atoms with Crippen molar-refractivity contribution in [1.29, 1.82) is 5.26 Å². The van der Waals surface area contributed by atoms with E-state index in [9.17, 15) is 4.79 Å². The van der Waals surface area contributed by atoms with Gasteiger partial charge in [0.25, 0.3) is 14.4 Å². The fraction of sp³-hybridized carbons (Fsp3) is 0.517. The second-order valence-electron chi connectivity index (χ2n) is 9.53. The highest BCUT2D eigenvalue weighted by Crippen LogP contribution is 2.50. The Morgan fingerprint density at radius 1 is 1.17 bits per heavy atom. The van der Waals surface area contributed by atoms with Crippen LogP contribution in [0.2, 0.25) is 0 Å². The molecule has 0 aromatic heterocycles. The highest BCUT2D eigenvalue weighted by atomic mass is 31.2. The number of aryl methyl sites for hydroxylation is 1. The summed E-state index contributed by atoms with van der Waals surface area (Å²) in [6, 6.07) is 18.5. The molecule has 0 spiro atoms. The van der Waals surface area contributed by atoms with E-state index in [0.717, 1.165) is 24.8 Å². The van der Waals surface area contributed by atoms with Gasteiger partial charge in [0, 0.05) is 24.6 Å².